The lowest BCUT2D eigenvalue weighted by Crippen LogP contribution is -2.30. The third kappa shape index (κ3) is 3.03. The molecule has 116 valence electrons. The maximum absolute atomic E-state index is 11.9. The average molecular weight is 317 g/mol. The molecule has 1 aromatic heterocycles. The van der Waals surface area contributed by atoms with Gasteiger partial charge in [-0.1, -0.05) is 30.3 Å². The number of nitrogens with zero attached hydrogens (tertiary/aromatic N) is 3. The van der Waals surface area contributed by atoms with E-state index in [0.29, 0.717) is 12.4 Å². The minimum Gasteiger partial charge on any atom is -0.236 e. The van der Waals surface area contributed by atoms with Gasteiger partial charge in [0.25, 0.3) is 0 Å². The summed E-state index contributed by atoms with van der Waals surface area (Å²) in [5.74, 6) is 0.599. The number of sulfonamides is 1. The first-order valence-electron chi connectivity index (χ1n) is 7.33. The van der Waals surface area contributed by atoms with Crippen molar-refractivity contribution in [3.05, 3.63) is 47.9 Å². The number of aryl methyl sites for hydroxylation is 1. The third-order valence-corrected chi connectivity index (χ3v) is 5.16. The van der Waals surface area contributed by atoms with Gasteiger partial charge >= 0.3 is 0 Å². The van der Waals surface area contributed by atoms with Crippen LogP contribution in [-0.4, -0.2) is 35.5 Å². The van der Waals surface area contributed by atoms with Crippen LogP contribution < -0.4 is 0 Å². The number of hydrogen-bond donors (Lipinski definition) is 0. The van der Waals surface area contributed by atoms with E-state index < -0.39 is 10.0 Å². The number of benzene rings is 1. The summed E-state index contributed by atoms with van der Waals surface area (Å²) in [6, 6.07) is 11.6. The molecular formula is C16H19N3O2S. The Morgan fingerprint density at radius 3 is 2.59 bits per heavy atom. The second-order valence-electron chi connectivity index (χ2n) is 5.65. The summed E-state index contributed by atoms with van der Waals surface area (Å²) < 4.78 is 25.4. The molecule has 1 aliphatic heterocycles. The fraction of sp³-hybridized carbons (Fsp3) is 0.375. The topological polar surface area (TPSA) is 63.2 Å². The first kappa shape index (κ1) is 15.1. The standard InChI is InChI=1S/C16H19N3O2S/c1-12-11-14(13-7-4-3-5-8-13)18-16(17-12)15-9-6-10-19(15)22(2,20)21/h3-5,7-8,11,15H,6,9-10H2,1-2H3/t15-/m1/s1. The molecule has 0 amide bonds. The fourth-order valence-corrected chi connectivity index (χ4v) is 4.02. The molecule has 1 aromatic carbocycles. The van der Waals surface area contributed by atoms with Crippen molar-refractivity contribution in [3.8, 4) is 11.3 Å². The molecule has 6 heteroatoms. The Labute approximate surface area is 131 Å². The van der Waals surface area contributed by atoms with E-state index in [1.807, 2.05) is 43.3 Å². The van der Waals surface area contributed by atoms with Gasteiger partial charge in [0, 0.05) is 17.8 Å². The highest BCUT2D eigenvalue weighted by Gasteiger charge is 2.34. The van der Waals surface area contributed by atoms with Gasteiger partial charge in [-0.25, -0.2) is 18.4 Å². The molecule has 5 nitrogen and oxygen atoms in total. The number of hydrogen-bond acceptors (Lipinski definition) is 4. The molecule has 0 bridgehead atoms. The second kappa shape index (κ2) is 5.78. The Morgan fingerprint density at radius 2 is 1.91 bits per heavy atom. The Morgan fingerprint density at radius 1 is 1.18 bits per heavy atom. The van der Waals surface area contributed by atoms with Gasteiger partial charge in [-0.2, -0.15) is 4.31 Å². The molecule has 1 fully saturated rings. The van der Waals surface area contributed by atoms with Crippen LogP contribution >= 0.6 is 0 Å². The highest BCUT2D eigenvalue weighted by Crippen LogP contribution is 2.33. The van der Waals surface area contributed by atoms with Gasteiger partial charge < -0.3 is 0 Å². The van der Waals surface area contributed by atoms with E-state index in [0.717, 1.165) is 29.8 Å². The smallest absolute Gasteiger partial charge is 0.211 e. The first-order valence-corrected chi connectivity index (χ1v) is 9.18. The average Bonchev–Trinajstić information content (AvgIpc) is 2.97. The van der Waals surface area contributed by atoms with E-state index in [4.69, 9.17) is 0 Å². The van der Waals surface area contributed by atoms with Gasteiger partial charge in [0.1, 0.15) is 5.82 Å². The Balaban J connectivity index is 2.03. The van der Waals surface area contributed by atoms with Crippen LogP contribution in [0.3, 0.4) is 0 Å². The predicted octanol–water partition coefficient (Wildman–Crippen LogP) is 2.55. The SMILES string of the molecule is Cc1cc(-c2ccccc2)nc([C@H]2CCCN2S(C)(=O)=O)n1. The van der Waals surface area contributed by atoms with Crippen LogP contribution in [0.25, 0.3) is 11.3 Å². The monoisotopic (exact) mass is 317 g/mol. The maximum atomic E-state index is 11.9. The normalized spacial score (nSPS) is 19.5. The highest BCUT2D eigenvalue weighted by molar-refractivity contribution is 7.88. The molecule has 0 spiro atoms. The van der Waals surface area contributed by atoms with Crippen molar-refractivity contribution in [1.82, 2.24) is 14.3 Å². The van der Waals surface area contributed by atoms with Crippen molar-refractivity contribution in [3.63, 3.8) is 0 Å². The van der Waals surface area contributed by atoms with Crippen LogP contribution in [0.2, 0.25) is 0 Å². The van der Waals surface area contributed by atoms with Crippen molar-refractivity contribution in [2.75, 3.05) is 12.8 Å². The lowest BCUT2D eigenvalue weighted by atomic mass is 10.1. The molecular weight excluding hydrogens is 298 g/mol. The molecule has 3 rings (SSSR count). The van der Waals surface area contributed by atoms with Crippen molar-refractivity contribution in [2.24, 2.45) is 0 Å². The molecule has 1 saturated heterocycles. The molecule has 22 heavy (non-hydrogen) atoms. The van der Waals surface area contributed by atoms with Crippen molar-refractivity contribution < 1.29 is 8.42 Å². The summed E-state index contributed by atoms with van der Waals surface area (Å²) >= 11 is 0. The first-order chi connectivity index (χ1) is 10.4. The highest BCUT2D eigenvalue weighted by atomic mass is 32.2. The molecule has 2 aromatic rings. The van der Waals surface area contributed by atoms with E-state index in [1.54, 1.807) is 0 Å². The summed E-state index contributed by atoms with van der Waals surface area (Å²) in [4.78, 5) is 9.12. The molecule has 0 radical (unpaired) electrons. The second-order valence-corrected chi connectivity index (χ2v) is 7.59. The molecule has 1 atom stereocenters. The molecule has 0 unspecified atom stereocenters. The van der Waals surface area contributed by atoms with Gasteiger partial charge in [-0.15, -0.1) is 0 Å². The third-order valence-electron chi connectivity index (χ3n) is 3.87. The van der Waals surface area contributed by atoms with Crippen LogP contribution in [0.1, 0.15) is 30.4 Å². The zero-order chi connectivity index (χ0) is 15.7. The fourth-order valence-electron chi connectivity index (χ4n) is 2.89. The van der Waals surface area contributed by atoms with E-state index in [1.165, 1.54) is 10.6 Å². The Bertz CT molecular complexity index is 775. The van der Waals surface area contributed by atoms with Crippen LogP contribution in [0.4, 0.5) is 0 Å². The zero-order valence-corrected chi connectivity index (χ0v) is 13.5. The van der Waals surface area contributed by atoms with Gasteiger partial charge in [0.05, 0.1) is 18.0 Å². The van der Waals surface area contributed by atoms with E-state index >= 15 is 0 Å². The minimum atomic E-state index is -3.24. The quantitative estimate of drug-likeness (QED) is 0.873. The zero-order valence-electron chi connectivity index (χ0n) is 12.7. The lowest BCUT2D eigenvalue weighted by molar-refractivity contribution is 0.386. The van der Waals surface area contributed by atoms with Crippen molar-refractivity contribution in [2.45, 2.75) is 25.8 Å². The van der Waals surface area contributed by atoms with Crippen molar-refractivity contribution >= 4 is 10.0 Å². The van der Waals surface area contributed by atoms with Crippen LogP contribution in [0, 0.1) is 6.92 Å². The van der Waals surface area contributed by atoms with Crippen LogP contribution in [-0.2, 0) is 10.0 Å². The van der Waals surface area contributed by atoms with Crippen LogP contribution in [0.5, 0.6) is 0 Å². The van der Waals surface area contributed by atoms with E-state index in [-0.39, 0.29) is 6.04 Å². The molecule has 0 saturated carbocycles. The maximum Gasteiger partial charge on any atom is 0.211 e. The van der Waals surface area contributed by atoms with Gasteiger partial charge in [-0.3, -0.25) is 0 Å². The van der Waals surface area contributed by atoms with Gasteiger partial charge in [0.2, 0.25) is 10.0 Å². The summed E-state index contributed by atoms with van der Waals surface area (Å²) in [5, 5.41) is 0. The Kier molecular flexibility index (Phi) is 3.97. The molecule has 2 heterocycles. The summed E-state index contributed by atoms with van der Waals surface area (Å²) in [5.41, 5.74) is 2.70. The number of aromatic nitrogens is 2. The largest absolute Gasteiger partial charge is 0.236 e. The van der Waals surface area contributed by atoms with Crippen LogP contribution in [0.15, 0.2) is 36.4 Å². The number of rotatable bonds is 3. The molecule has 0 aliphatic carbocycles. The Hall–Kier alpha value is -1.79. The molecule has 0 N–H and O–H groups in total. The predicted molar refractivity (Wildman–Crippen MR) is 85.7 cm³/mol. The summed E-state index contributed by atoms with van der Waals surface area (Å²) in [7, 11) is -3.24. The van der Waals surface area contributed by atoms with Crippen molar-refractivity contribution in [1.29, 1.82) is 0 Å². The van der Waals surface area contributed by atoms with E-state index in [2.05, 4.69) is 9.97 Å². The van der Waals surface area contributed by atoms with Gasteiger partial charge in [0.15, 0.2) is 0 Å². The summed E-state index contributed by atoms with van der Waals surface area (Å²) in [6.45, 7) is 2.46. The van der Waals surface area contributed by atoms with E-state index in [9.17, 15) is 8.42 Å². The molecule has 1 aliphatic rings. The summed E-state index contributed by atoms with van der Waals surface area (Å²) in [6.07, 6.45) is 2.86. The minimum absolute atomic E-state index is 0.252. The van der Waals surface area contributed by atoms with Gasteiger partial charge in [-0.05, 0) is 25.8 Å². The lowest BCUT2D eigenvalue weighted by Gasteiger charge is -2.21.